The van der Waals surface area contributed by atoms with Crippen LogP contribution in [-0.2, 0) is 0 Å². The van der Waals surface area contributed by atoms with Gasteiger partial charge in [-0.05, 0) is 132 Å². The number of anilines is 1. The maximum absolute atomic E-state index is 3.64. The fraction of sp³-hybridized carbons (Fsp3) is 0.0256. The lowest BCUT2D eigenvalue weighted by molar-refractivity contribution is 1.13. The maximum Gasteiger partial charge on any atom is 0.103 e. The van der Waals surface area contributed by atoms with Gasteiger partial charge in [-0.2, -0.15) is 0 Å². The van der Waals surface area contributed by atoms with Crippen LogP contribution in [0.3, 0.4) is 0 Å². The maximum atomic E-state index is 3.64. The first-order chi connectivity index (χ1) is 20.7. The van der Waals surface area contributed by atoms with Crippen molar-refractivity contribution in [3.05, 3.63) is 155 Å². The monoisotopic (exact) mass is 667 g/mol. The Hall–Kier alpha value is -4.06. The first kappa shape index (κ1) is 25.6. The highest BCUT2D eigenvalue weighted by molar-refractivity contribution is 14.1. The fourth-order valence-corrected chi connectivity index (χ4v) is 7.34. The molecule has 1 heterocycles. The molecule has 0 saturated heterocycles. The van der Waals surface area contributed by atoms with Crippen LogP contribution in [0.2, 0.25) is 0 Å². The lowest BCUT2D eigenvalue weighted by Crippen LogP contribution is -2.00. The van der Waals surface area contributed by atoms with E-state index >= 15 is 0 Å². The van der Waals surface area contributed by atoms with Gasteiger partial charge in [-0.1, -0.05) is 109 Å². The normalized spacial score (nSPS) is 14.2. The molecule has 7 aromatic rings. The summed E-state index contributed by atoms with van der Waals surface area (Å²) < 4.78 is 1.26. The van der Waals surface area contributed by atoms with Crippen LogP contribution in [-0.4, -0.2) is 0 Å². The summed E-state index contributed by atoms with van der Waals surface area (Å²) in [6, 6.07) is 53.4. The molecule has 1 aliphatic heterocycles. The second kappa shape index (κ2) is 10.6. The van der Waals surface area contributed by atoms with Crippen molar-refractivity contribution in [2.75, 3.05) is 5.32 Å². The van der Waals surface area contributed by atoms with Gasteiger partial charge in [0.1, 0.15) is 5.37 Å². The minimum Gasteiger partial charge on any atom is -0.368 e. The largest absolute Gasteiger partial charge is 0.368 e. The highest BCUT2D eigenvalue weighted by Gasteiger charge is 2.22. The summed E-state index contributed by atoms with van der Waals surface area (Å²) in [5.41, 5.74) is 9.99. The number of rotatable bonds is 4. The smallest absolute Gasteiger partial charge is 0.103 e. The first-order valence-electron chi connectivity index (χ1n) is 14.1. The van der Waals surface area contributed by atoms with Gasteiger partial charge >= 0.3 is 0 Å². The molecule has 0 aromatic heterocycles. The Morgan fingerprint density at radius 1 is 0.452 bits per heavy atom. The van der Waals surface area contributed by atoms with Gasteiger partial charge in [-0.25, -0.2) is 0 Å². The molecule has 1 aliphatic rings. The summed E-state index contributed by atoms with van der Waals surface area (Å²) in [5, 5.41) is 8.93. The number of benzene rings is 7. The summed E-state index contributed by atoms with van der Waals surface area (Å²) >= 11 is 4.23. The van der Waals surface area contributed by atoms with Gasteiger partial charge in [0.2, 0.25) is 0 Å². The van der Waals surface area contributed by atoms with E-state index in [2.05, 4.69) is 174 Å². The van der Waals surface area contributed by atoms with E-state index in [-0.39, 0.29) is 5.37 Å². The molecule has 0 amide bonds. The summed E-state index contributed by atoms with van der Waals surface area (Å²) in [5.74, 6) is 0. The quantitative estimate of drug-likeness (QED) is 0.188. The molecule has 0 aliphatic carbocycles. The second-order valence-electron chi connectivity index (χ2n) is 10.8. The predicted molar refractivity (Wildman–Crippen MR) is 189 cm³/mol. The van der Waals surface area contributed by atoms with E-state index in [1.165, 1.54) is 74.6 Å². The zero-order chi connectivity index (χ0) is 28.0. The number of hydrogen-bond acceptors (Lipinski definition) is 2. The second-order valence-corrected chi connectivity index (χ2v) is 13.2. The average Bonchev–Trinajstić information content (AvgIpc) is 3.49. The Labute approximate surface area is 263 Å². The number of halogens is 1. The molecule has 1 nitrogen and oxygen atoms in total. The van der Waals surface area contributed by atoms with Crippen LogP contribution in [0.4, 0.5) is 5.69 Å². The molecule has 1 N–H and O–H groups in total. The predicted octanol–water partition coefficient (Wildman–Crippen LogP) is 11.8. The number of fused-ring (bicyclic) bond motifs is 3. The van der Waals surface area contributed by atoms with Crippen molar-refractivity contribution < 1.29 is 0 Å². The number of thioether (sulfide) groups is 1. The summed E-state index contributed by atoms with van der Waals surface area (Å²) in [6.07, 6.45) is 0. The molecular formula is C39H26INS. The Balaban J connectivity index is 1.03. The highest BCUT2D eigenvalue weighted by Crippen LogP contribution is 2.46. The third-order valence-corrected chi connectivity index (χ3v) is 10.1. The first-order valence-corrected chi connectivity index (χ1v) is 16.1. The fourth-order valence-electron chi connectivity index (χ4n) is 5.84. The van der Waals surface area contributed by atoms with Crippen molar-refractivity contribution in [1.29, 1.82) is 0 Å². The molecule has 0 radical (unpaired) electrons. The van der Waals surface area contributed by atoms with E-state index < -0.39 is 0 Å². The van der Waals surface area contributed by atoms with Crippen molar-refractivity contribution in [2.24, 2.45) is 0 Å². The Bertz CT molecular complexity index is 2070. The van der Waals surface area contributed by atoms with Crippen molar-refractivity contribution in [3.8, 4) is 33.4 Å². The third-order valence-electron chi connectivity index (χ3n) is 8.16. The van der Waals surface area contributed by atoms with Crippen molar-refractivity contribution >= 4 is 61.6 Å². The van der Waals surface area contributed by atoms with Crippen LogP contribution in [0.1, 0.15) is 10.9 Å². The van der Waals surface area contributed by atoms with Gasteiger partial charge in [0.15, 0.2) is 0 Å². The average molecular weight is 668 g/mol. The van der Waals surface area contributed by atoms with Crippen molar-refractivity contribution in [2.45, 2.75) is 10.3 Å². The van der Waals surface area contributed by atoms with Gasteiger partial charge in [-0.15, -0.1) is 0 Å². The minimum absolute atomic E-state index is 0.261. The zero-order valence-electron chi connectivity index (χ0n) is 22.7. The summed E-state index contributed by atoms with van der Waals surface area (Å²) in [6.45, 7) is 0. The lowest BCUT2D eigenvalue weighted by atomic mass is 9.95. The van der Waals surface area contributed by atoms with E-state index in [1.54, 1.807) is 0 Å². The van der Waals surface area contributed by atoms with Gasteiger partial charge in [-0.3, -0.25) is 0 Å². The van der Waals surface area contributed by atoms with E-state index in [1.807, 2.05) is 11.8 Å². The molecule has 42 heavy (non-hydrogen) atoms. The molecule has 3 heteroatoms. The zero-order valence-corrected chi connectivity index (χ0v) is 25.7. The van der Waals surface area contributed by atoms with Gasteiger partial charge in [0, 0.05) is 14.2 Å². The molecule has 7 aromatic carbocycles. The molecule has 0 bridgehead atoms. The van der Waals surface area contributed by atoms with Crippen LogP contribution in [0, 0.1) is 3.57 Å². The molecule has 1 atom stereocenters. The van der Waals surface area contributed by atoms with Crippen LogP contribution in [0.15, 0.2) is 150 Å². The van der Waals surface area contributed by atoms with Crippen molar-refractivity contribution in [1.82, 2.24) is 0 Å². The number of hydrogen-bond donors (Lipinski definition) is 1. The van der Waals surface area contributed by atoms with Crippen molar-refractivity contribution in [3.63, 3.8) is 0 Å². The van der Waals surface area contributed by atoms with Crippen LogP contribution in [0.5, 0.6) is 0 Å². The molecule has 0 saturated carbocycles. The van der Waals surface area contributed by atoms with Gasteiger partial charge < -0.3 is 5.32 Å². The highest BCUT2D eigenvalue weighted by atomic mass is 127. The molecule has 8 rings (SSSR count). The third kappa shape index (κ3) is 4.87. The summed E-state index contributed by atoms with van der Waals surface area (Å²) in [7, 11) is 0. The van der Waals surface area contributed by atoms with E-state index in [0.717, 1.165) is 0 Å². The molecule has 1 unspecified atom stereocenters. The Morgan fingerprint density at radius 2 is 0.881 bits per heavy atom. The molecule has 0 spiro atoms. The molecule has 200 valence electrons. The standard InChI is InChI=1S/C39H26INS/c40-36-19-17-26(18-20-36)29-10-12-33-24-35(16-14-31(33)22-29)34-15-13-30-21-28(9-11-32(30)23-34)25-5-7-27(8-6-25)39-41-37-3-1-2-4-38(37)42-39/h1-24,39,41H. The Morgan fingerprint density at radius 3 is 1.38 bits per heavy atom. The van der Waals surface area contributed by atoms with E-state index in [4.69, 9.17) is 0 Å². The number of nitrogens with one attached hydrogen (secondary N) is 1. The van der Waals surface area contributed by atoms with Crippen LogP contribution in [0.25, 0.3) is 54.9 Å². The van der Waals surface area contributed by atoms with Gasteiger partial charge in [0.05, 0.1) is 0 Å². The van der Waals surface area contributed by atoms with Gasteiger partial charge in [0.25, 0.3) is 0 Å². The molecule has 0 fully saturated rings. The van der Waals surface area contributed by atoms with E-state index in [0.29, 0.717) is 0 Å². The Kier molecular flexibility index (Phi) is 6.50. The van der Waals surface area contributed by atoms with Crippen LogP contribution < -0.4 is 5.32 Å². The summed E-state index contributed by atoms with van der Waals surface area (Å²) in [4.78, 5) is 1.32. The lowest BCUT2D eigenvalue weighted by Gasteiger charge is -2.12. The SMILES string of the molecule is Ic1ccc(-c2ccc3cc(-c4ccc5cc(-c6ccc(C7Nc8ccccc8S7)cc6)ccc5c4)ccc3c2)cc1. The minimum atomic E-state index is 0.261. The molecular weight excluding hydrogens is 641 g/mol. The number of para-hydroxylation sites is 1. The van der Waals surface area contributed by atoms with Crippen LogP contribution >= 0.6 is 34.4 Å². The van der Waals surface area contributed by atoms with E-state index in [9.17, 15) is 0 Å². The topological polar surface area (TPSA) is 12.0 Å².